The summed E-state index contributed by atoms with van der Waals surface area (Å²) >= 11 is 0. The Balaban J connectivity index is 2.06. The lowest BCUT2D eigenvalue weighted by Gasteiger charge is -2.15. The molecular weight excluding hydrogens is 274 g/mol. The minimum absolute atomic E-state index is 0.200. The molecule has 0 aliphatic heterocycles. The van der Waals surface area contributed by atoms with Gasteiger partial charge in [-0.1, -0.05) is 24.3 Å². The lowest BCUT2D eigenvalue weighted by Crippen LogP contribution is -2.35. The van der Waals surface area contributed by atoms with Crippen LogP contribution >= 0.6 is 0 Å². The number of amides is 1. The second-order valence-electron chi connectivity index (χ2n) is 4.97. The third kappa shape index (κ3) is 3.62. The van der Waals surface area contributed by atoms with Crippen molar-refractivity contribution < 1.29 is 13.6 Å². The van der Waals surface area contributed by atoms with Crippen LogP contribution in [0.4, 0.5) is 8.78 Å². The topological polar surface area (TPSA) is 42.0 Å². The van der Waals surface area contributed by atoms with Crippen LogP contribution in [0.25, 0.3) is 0 Å². The van der Waals surface area contributed by atoms with E-state index in [0.717, 1.165) is 23.4 Å². The molecule has 1 amide bonds. The summed E-state index contributed by atoms with van der Waals surface area (Å²) in [6.07, 6.45) is 1.69. The second kappa shape index (κ2) is 6.43. The van der Waals surface area contributed by atoms with E-state index in [1.807, 2.05) is 38.1 Å². The lowest BCUT2D eigenvalue weighted by molar-refractivity contribution is 0.0934. The number of halogens is 2. The number of benzene rings is 1. The molecular formula is C16H16F2N2O. The quantitative estimate of drug-likeness (QED) is 0.879. The number of aryl methyl sites for hydroxylation is 1. The standard InChI is InChI=1S/C16H16F2N2O/c1-10-5-3-4-6-12(10)9-11(2)20-16(21)13-7-8-19-15(18)14(13)17/h3-8,11H,9H2,1-2H3,(H,20,21). The third-order valence-corrected chi connectivity index (χ3v) is 3.26. The van der Waals surface area contributed by atoms with E-state index in [1.54, 1.807) is 0 Å². The van der Waals surface area contributed by atoms with Gasteiger partial charge >= 0.3 is 0 Å². The molecule has 21 heavy (non-hydrogen) atoms. The number of nitrogens with zero attached hydrogens (tertiary/aromatic N) is 1. The van der Waals surface area contributed by atoms with Crippen molar-refractivity contribution in [3.05, 3.63) is 65.0 Å². The lowest BCUT2D eigenvalue weighted by atomic mass is 10.0. The Bertz CT molecular complexity index is 658. The minimum Gasteiger partial charge on any atom is -0.349 e. The molecule has 0 bridgehead atoms. The molecule has 1 aromatic heterocycles. The maximum Gasteiger partial charge on any atom is 0.254 e. The first-order valence-electron chi connectivity index (χ1n) is 6.64. The van der Waals surface area contributed by atoms with Crippen LogP contribution < -0.4 is 5.32 Å². The van der Waals surface area contributed by atoms with Crippen molar-refractivity contribution in [1.82, 2.24) is 10.3 Å². The molecule has 0 radical (unpaired) electrons. The van der Waals surface area contributed by atoms with Crippen molar-refractivity contribution in [2.75, 3.05) is 0 Å². The van der Waals surface area contributed by atoms with Crippen molar-refractivity contribution in [3.63, 3.8) is 0 Å². The van der Waals surface area contributed by atoms with Crippen LogP contribution in [0.15, 0.2) is 36.5 Å². The molecule has 0 saturated carbocycles. The van der Waals surface area contributed by atoms with Crippen molar-refractivity contribution in [3.8, 4) is 0 Å². The largest absolute Gasteiger partial charge is 0.349 e. The van der Waals surface area contributed by atoms with Gasteiger partial charge in [0, 0.05) is 12.2 Å². The van der Waals surface area contributed by atoms with Crippen LogP contribution in [-0.2, 0) is 6.42 Å². The van der Waals surface area contributed by atoms with Gasteiger partial charge < -0.3 is 5.32 Å². The van der Waals surface area contributed by atoms with Gasteiger partial charge in [0.05, 0.1) is 5.56 Å². The summed E-state index contributed by atoms with van der Waals surface area (Å²) in [5.41, 5.74) is 1.89. The number of rotatable bonds is 4. The van der Waals surface area contributed by atoms with Gasteiger partial charge in [-0.2, -0.15) is 4.39 Å². The summed E-state index contributed by atoms with van der Waals surface area (Å²) in [5.74, 6) is -3.14. The molecule has 0 saturated heterocycles. The van der Waals surface area contributed by atoms with Crippen LogP contribution in [0, 0.1) is 18.7 Å². The maximum atomic E-state index is 13.5. The Hall–Kier alpha value is -2.30. The Labute approximate surface area is 122 Å². The van der Waals surface area contributed by atoms with E-state index in [4.69, 9.17) is 0 Å². The summed E-state index contributed by atoms with van der Waals surface area (Å²) in [6, 6.07) is 8.79. The highest BCUT2D eigenvalue weighted by molar-refractivity contribution is 5.94. The van der Waals surface area contributed by atoms with E-state index >= 15 is 0 Å². The van der Waals surface area contributed by atoms with Crippen molar-refractivity contribution >= 4 is 5.91 Å². The van der Waals surface area contributed by atoms with Gasteiger partial charge in [-0.3, -0.25) is 4.79 Å². The summed E-state index contributed by atoms with van der Waals surface area (Å²) in [6.45, 7) is 3.81. The molecule has 0 fully saturated rings. The predicted octanol–water partition coefficient (Wildman–Crippen LogP) is 3.03. The number of carbonyl (C=O) groups is 1. The summed E-state index contributed by atoms with van der Waals surface area (Å²) < 4.78 is 26.5. The highest BCUT2D eigenvalue weighted by Gasteiger charge is 2.18. The smallest absolute Gasteiger partial charge is 0.254 e. The van der Waals surface area contributed by atoms with Gasteiger partial charge in [0.1, 0.15) is 0 Å². The highest BCUT2D eigenvalue weighted by atomic mass is 19.2. The van der Waals surface area contributed by atoms with E-state index in [9.17, 15) is 13.6 Å². The number of nitrogens with one attached hydrogen (secondary N) is 1. The SMILES string of the molecule is Cc1ccccc1CC(C)NC(=O)c1ccnc(F)c1F. The van der Waals surface area contributed by atoms with Crippen molar-refractivity contribution in [1.29, 1.82) is 0 Å². The zero-order valence-corrected chi connectivity index (χ0v) is 11.9. The van der Waals surface area contributed by atoms with Crippen molar-refractivity contribution in [2.24, 2.45) is 0 Å². The van der Waals surface area contributed by atoms with Gasteiger partial charge in [-0.05, 0) is 37.5 Å². The van der Waals surface area contributed by atoms with Gasteiger partial charge in [-0.15, -0.1) is 0 Å². The number of carbonyl (C=O) groups excluding carboxylic acids is 1. The number of hydrogen-bond donors (Lipinski definition) is 1. The zero-order chi connectivity index (χ0) is 15.4. The molecule has 1 heterocycles. The maximum absolute atomic E-state index is 13.5. The number of pyridine rings is 1. The van der Waals surface area contributed by atoms with Gasteiger partial charge in [0.15, 0.2) is 5.82 Å². The molecule has 5 heteroatoms. The molecule has 1 unspecified atom stereocenters. The Morgan fingerprint density at radius 2 is 2.00 bits per heavy atom. The van der Waals surface area contributed by atoms with E-state index in [-0.39, 0.29) is 11.6 Å². The third-order valence-electron chi connectivity index (χ3n) is 3.26. The van der Waals surface area contributed by atoms with Crippen molar-refractivity contribution in [2.45, 2.75) is 26.3 Å². The monoisotopic (exact) mass is 290 g/mol. The van der Waals surface area contributed by atoms with E-state index in [1.165, 1.54) is 0 Å². The van der Waals surface area contributed by atoms with Gasteiger partial charge in [-0.25, -0.2) is 9.37 Å². The van der Waals surface area contributed by atoms with E-state index in [0.29, 0.717) is 6.42 Å². The minimum atomic E-state index is -1.27. The summed E-state index contributed by atoms with van der Waals surface area (Å²) in [4.78, 5) is 15.1. The Morgan fingerprint density at radius 3 is 2.71 bits per heavy atom. The first-order valence-corrected chi connectivity index (χ1v) is 6.64. The molecule has 3 nitrogen and oxygen atoms in total. The fourth-order valence-electron chi connectivity index (χ4n) is 2.12. The first-order chi connectivity index (χ1) is 9.99. The number of hydrogen-bond acceptors (Lipinski definition) is 2. The Kier molecular flexibility index (Phi) is 4.62. The molecule has 1 aromatic carbocycles. The van der Waals surface area contributed by atoms with Crippen LogP contribution in [-0.4, -0.2) is 16.9 Å². The normalized spacial score (nSPS) is 12.0. The van der Waals surface area contributed by atoms with Crippen LogP contribution in [0.3, 0.4) is 0 Å². The number of aromatic nitrogens is 1. The molecule has 0 spiro atoms. The fraction of sp³-hybridized carbons (Fsp3) is 0.250. The van der Waals surface area contributed by atoms with Crippen LogP contribution in [0.5, 0.6) is 0 Å². The molecule has 0 aliphatic rings. The molecule has 110 valence electrons. The highest BCUT2D eigenvalue weighted by Crippen LogP contribution is 2.12. The zero-order valence-electron chi connectivity index (χ0n) is 11.9. The summed E-state index contributed by atoms with van der Waals surface area (Å²) in [7, 11) is 0. The molecule has 2 aromatic rings. The molecule has 2 rings (SSSR count). The van der Waals surface area contributed by atoms with Crippen LogP contribution in [0.1, 0.15) is 28.4 Å². The first kappa shape index (κ1) is 15.1. The van der Waals surface area contributed by atoms with E-state index in [2.05, 4.69) is 10.3 Å². The van der Waals surface area contributed by atoms with Gasteiger partial charge in [0.2, 0.25) is 5.95 Å². The Morgan fingerprint density at radius 1 is 1.29 bits per heavy atom. The molecule has 1 atom stereocenters. The predicted molar refractivity (Wildman–Crippen MR) is 76.0 cm³/mol. The molecule has 1 N–H and O–H groups in total. The molecule has 0 aliphatic carbocycles. The van der Waals surface area contributed by atoms with E-state index < -0.39 is 17.7 Å². The van der Waals surface area contributed by atoms with Gasteiger partial charge in [0.25, 0.3) is 5.91 Å². The summed E-state index contributed by atoms with van der Waals surface area (Å²) in [5, 5.41) is 2.67. The fourth-order valence-corrected chi connectivity index (χ4v) is 2.12. The average molecular weight is 290 g/mol. The second-order valence-corrected chi connectivity index (χ2v) is 4.97. The average Bonchev–Trinajstić information content (AvgIpc) is 2.44. The van der Waals surface area contributed by atoms with Crippen LogP contribution in [0.2, 0.25) is 0 Å².